The van der Waals surface area contributed by atoms with Gasteiger partial charge in [0.15, 0.2) is 0 Å². The highest BCUT2D eigenvalue weighted by Gasteiger charge is 2.08. The highest BCUT2D eigenvalue weighted by atomic mass is 79.9. The summed E-state index contributed by atoms with van der Waals surface area (Å²) in [4.78, 5) is 0. The largest absolute Gasteiger partial charge is 0.396 e. The van der Waals surface area contributed by atoms with Crippen LogP contribution in [-0.4, -0.2) is 18.3 Å². The molecule has 14 heavy (non-hydrogen) atoms. The molecule has 1 unspecified atom stereocenters. The number of hydrogen-bond donors (Lipinski definition) is 2. The van der Waals surface area contributed by atoms with E-state index in [1.807, 2.05) is 12.1 Å². The fourth-order valence-corrected chi connectivity index (χ4v) is 1.90. The second-order valence-electron chi connectivity index (χ2n) is 3.18. The molecule has 0 bridgehead atoms. The van der Waals surface area contributed by atoms with Crippen LogP contribution in [0.3, 0.4) is 0 Å². The number of hydrogen-bond acceptors (Lipinski definition) is 2. The Kier molecular flexibility index (Phi) is 5.15. The molecule has 2 nitrogen and oxygen atoms in total. The summed E-state index contributed by atoms with van der Waals surface area (Å²) in [7, 11) is 0. The van der Waals surface area contributed by atoms with Crippen LogP contribution in [0, 0.1) is 0 Å². The SMILES string of the molecule is CCNC(CCO)c1cccc(Br)c1. The molecule has 1 atom stereocenters. The lowest BCUT2D eigenvalue weighted by atomic mass is 10.0. The van der Waals surface area contributed by atoms with Crippen molar-refractivity contribution in [2.24, 2.45) is 0 Å². The Hall–Kier alpha value is -0.380. The summed E-state index contributed by atoms with van der Waals surface area (Å²) in [6.07, 6.45) is 0.754. The standard InChI is InChI=1S/C11H16BrNO/c1-2-13-11(6-7-14)9-4-3-5-10(12)8-9/h3-5,8,11,13-14H,2,6-7H2,1H3. The minimum Gasteiger partial charge on any atom is -0.396 e. The highest BCUT2D eigenvalue weighted by molar-refractivity contribution is 9.10. The average molecular weight is 258 g/mol. The summed E-state index contributed by atoms with van der Waals surface area (Å²) in [6.45, 7) is 3.20. The van der Waals surface area contributed by atoms with E-state index in [4.69, 9.17) is 5.11 Å². The summed E-state index contributed by atoms with van der Waals surface area (Å²) >= 11 is 3.44. The van der Waals surface area contributed by atoms with Crippen molar-refractivity contribution in [3.63, 3.8) is 0 Å². The molecule has 1 rings (SSSR count). The van der Waals surface area contributed by atoms with Gasteiger partial charge >= 0.3 is 0 Å². The van der Waals surface area contributed by atoms with Gasteiger partial charge in [-0.1, -0.05) is 35.0 Å². The first-order valence-corrected chi connectivity index (χ1v) is 5.67. The van der Waals surface area contributed by atoms with Gasteiger partial charge in [0.25, 0.3) is 0 Å². The Bertz CT molecular complexity index is 272. The van der Waals surface area contributed by atoms with Crippen molar-refractivity contribution in [3.05, 3.63) is 34.3 Å². The zero-order valence-electron chi connectivity index (χ0n) is 8.33. The quantitative estimate of drug-likeness (QED) is 0.850. The number of aliphatic hydroxyl groups is 1. The van der Waals surface area contributed by atoms with Gasteiger partial charge in [0.1, 0.15) is 0 Å². The molecule has 0 amide bonds. The number of aliphatic hydroxyl groups excluding tert-OH is 1. The second kappa shape index (κ2) is 6.17. The van der Waals surface area contributed by atoms with Crippen LogP contribution < -0.4 is 5.32 Å². The van der Waals surface area contributed by atoms with E-state index in [-0.39, 0.29) is 12.6 Å². The van der Waals surface area contributed by atoms with Crippen molar-refractivity contribution in [2.75, 3.05) is 13.2 Å². The van der Waals surface area contributed by atoms with Crippen LogP contribution in [0.15, 0.2) is 28.7 Å². The minimum absolute atomic E-state index is 0.212. The fraction of sp³-hybridized carbons (Fsp3) is 0.455. The van der Waals surface area contributed by atoms with Gasteiger partial charge < -0.3 is 10.4 Å². The van der Waals surface area contributed by atoms with Crippen LogP contribution in [0.25, 0.3) is 0 Å². The topological polar surface area (TPSA) is 32.3 Å². The monoisotopic (exact) mass is 257 g/mol. The molecule has 0 aliphatic carbocycles. The molecule has 1 aromatic carbocycles. The van der Waals surface area contributed by atoms with Crippen LogP contribution in [0.4, 0.5) is 0 Å². The Morgan fingerprint density at radius 3 is 2.86 bits per heavy atom. The molecule has 2 N–H and O–H groups in total. The molecule has 0 aliphatic heterocycles. The van der Waals surface area contributed by atoms with E-state index in [2.05, 4.69) is 40.3 Å². The molecule has 0 spiro atoms. The molecule has 0 saturated carbocycles. The van der Waals surface area contributed by atoms with Gasteiger partial charge in [-0.25, -0.2) is 0 Å². The lowest BCUT2D eigenvalue weighted by Gasteiger charge is -2.17. The maximum atomic E-state index is 8.94. The second-order valence-corrected chi connectivity index (χ2v) is 4.09. The summed E-state index contributed by atoms with van der Waals surface area (Å²) in [5.41, 5.74) is 1.22. The van der Waals surface area contributed by atoms with E-state index in [0.29, 0.717) is 0 Å². The van der Waals surface area contributed by atoms with E-state index < -0.39 is 0 Å². The highest BCUT2D eigenvalue weighted by Crippen LogP contribution is 2.20. The van der Waals surface area contributed by atoms with Crippen LogP contribution in [0.2, 0.25) is 0 Å². The van der Waals surface area contributed by atoms with E-state index in [1.165, 1.54) is 5.56 Å². The normalized spacial score (nSPS) is 12.8. The van der Waals surface area contributed by atoms with Gasteiger partial charge in [-0.15, -0.1) is 0 Å². The number of rotatable bonds is 5. The van der Waals surface area contributed by atoms with Gasteiger partial charge in [-0.3, -0.25) is 0 Å². The molecular formula is C11H16BrNO. The first-order chi connectivity index (χ1) is 6.77. The Labute approximate surface area is 93.5 Å². The van der Waals surface area contributed by atoms with Crippen molar-refractivity contribution in [3.8, 4) is 0 Å². The number of halogens is 1. The molecule has 1 aromatic rings. The van der Waals surface area contributed by atoms with E-state index in [1.54, 1.807) is 0 Å². The van der Waals surface area contributed by atoms with Crippen molar-refractivity contribution in [1.29, 1.82) is 0 Å². The molecule has 0 aliphatic rings. The minimum atomic E-state index is 0.212. The molecule has 0 aromatic heterocycles. The molecule has 0 saturated heterocycles. The Morgan fingerprint density at radius 1 is 1.50 bits per heavy atom. The van der Waals surface area contributed by atoms with Crippen molar-refractivity contribution < 1.29 is 5.11 Å². The van der Waals surface area contributed by atoms with Crippen LogP contribution in [0.1, 0.15) is 24.9 Å². The first kappa shape index (κ1) is 11.7. The third-order valence-electron chi connectivity index (χ3n) is 2.12. The van der Waals surface area contributed by atoms with Crippen molar-refractivity contribution in [2.45, 2.75) is 19.4 Å². The first-order valence-electron chi connectivity index (χ1n) is 4.87. The molecule has 78 valence electrons. The molecule has 0 fully saturated rings. The number of benzene rings is 1. The lowest BCUT2D eigenvalue weighted by Crippen LogP contribution is -2.21. The van der Waals surface area contributed by atoms with Crippen LogP contribution >= 0.6 is 15.9 Å². The Balaban J connectivity index is 2.75. The van der Waals surface area contributed by atoms with Crippen LogP contribution in [0.5, 0.6) is 0 Å². The zero-order chi connectivity index (χ0) is 10.4. The molecule has 0 radical (unpaired) electrons. The predicted octanol–water partition coefficient (Wildman–Crippen LogP) is 2.48. The van der Waals surface area contributed by atoms with Crippen molar-refractivity contribution >= 4 is 15.9 Å². The zero-order valence-corrected chi connectivity index (χ0v) is 9.92. The van der Waals surface area contributed by atoms with Gasteiger partial charge in [-0.05, 0) is 30.7 Å². The lowest BCUT2D eigenvalue weighted by molar-refractivity contribution is 0.266. The average Bonchev–Trinajstić information content (AvgIpc) is 2.17. The smallest absolute Gasteiger partial charge is 0.0449 e. The maximum Gasteiger partial charge on any atom is 0.0449 e. The summed E-state index contributed by atoms with van der Waals surface area (Å²) in [5.74, 6) is 0. The van der Waals surface area contributed by atoms with Gasteiger partial charge in [0, 0.05) is 17.1 Å². The summed E-state index contributed by atoms with van der Waals surface area (Å²) in [6, 6.07) is 8.44. The maximum absolute atomic E-state index is 8.94. The van der Waals surface area contributed by atoms with E-state index in [9.17, 15) is 0 Å². The number of nitrogens with one attached hydrogen (secondary N) is 1. The van der Waals surface area contributed by atoms with Crippen LogP contribution in [-0.2, 0) is 0 Å². The third kappa shape index (κ3) is 3.40. The predicted molar refractivity (Wildman–Crippen MR) is 62.3 cm³/mol. The molecular weight excluding hydrogens is 242 g/mol. The molecule has 3 heteroatoms. The van der Waals surface area contributed by atoms with Crippen molar-refractivity contribution in [1.82, 2.24) is 5.32 Å². The summed E-state index contributed by atoms with van der Waals surface area (Å²) < 4.78 is 1.08. The van der Waals surface area contributed by atoms with Gasteiger partial charge in [0.05, 0.1) is 0 Å². The van der Waals surface area contributed by atoms with Gasteiger partial charge in [-0.2, -0.15) is 0 Å². The fourth-order valence-electron chi connectivity index (χ4n) is 1.49. The Morgan fingerprint density at radius 2 is 2.29 bits per heavy atom. The summed E-state index contributed by atoms with van der Waals surface area (Å²) in [5, 5.41) is 12.3. The van der Waals surface area contributed by atoms with E-state index >= 15 is 0 Å². The third-order valence-corrected chi connectivity index (χ3v) is 2.61. The van der Waals surface area contributed by atoms with Gasteiger partial charge in [0.2, 0.25) is 0 Å². The molecule has 0 heterocycles. The van der Waals surface area contributed by atoms with E-state index in [0.717, 1.165) is 17.4 Å².